The van der Waals surface area contributed by atoms with E-state index in [0.717, 1.165) is 27.7 Å². The highest BCUT2D eigenvalue weighted by Gasteiger charge is 2.16. The number of aromatic nitrogens is 1. The van der Waals surface area contributed by atoms with Crippen LogP contribution in [0.5, 0.6) is 0 Å². The smallest absolute Gasteiger partial charge is 0.253 e. The molecule has 0 spiro atoms. The van der Waals surface area contributed by atoms with Gasteiger partial charge in [-0.15, -0.1) is 0 Å². The summed E-state index contributed by atoms with van der Waals surface area (Å²) in [5, 5.41) is 0.974. The largest absolute Gasteiger partial charge is 0.322 e. The number of carbonyl (C=O) groups excluding carboxylic acids is 1. The maximum absolute atomic E-state index is 12.5. The number of aromatic amines is 1. The van der Waals surface area contributed by atoms with Crippen molar-refractivity contribution in [3.05, 3.63) is 75.6 Å². The SMILES string of the molecule is CCC(=O)N(Cc1cc2cc(C)ccc2[nH]c1=O)c1ccc(C)cc1. The summed E-state index contributed by atoms with van der Waals surface area (Å²) in [6.45, 7) is 6.11. The molecule has 0 saturated carbocycles. The molecule has 3 aromatic rings. The number of carbonyl (C=O) groups is 1. The van der Waals surface area contributed by atoms with E-state index in [1.165, 1.54) is 0 Å². The van der Waals surface area contributed by atoms with Crippen molar-refractivity contribution in [3.8, 4) is 0 Å². The number of fused-ring (bicyclic) bond motifs is 1. The molecule has 4 nitrogen and oxygen atoms in total. The highest BCUT2D eigenvalue weighted by Crippen LogP contribution is 2.20. The second kappa shape index (κ2) is 6.93. The number of pyridine rings is 1. The molecular weight excluding hydrogens is 312 g/mol. The van der Waals surface area contributed by atoms with E-state index in [2.05, 4.69) is 4.98 Å². The monoisotopic (exact) mass is 334 g/mol. The van der Waals surface area contributed by atoms with Crippen LogP contribution in [0.2, 0.25) is 0 Å². The molecule has 0 atom stereocenters. The van der Waals surface area contributed by atoms with Crippen LogP contribution in [-0.2, 0) is 11.3 Å². The number of rotatable bonds is 4. The summed E-state index contributed by atoms with van der Waals surface area (Å²) in [4.78, 5) is 29.5. The zero-order valence-corrected chi connectivity index (χ0v) is 14.8. The van der Waals surface area contributed by atoms with Crippen molar-refractivity contribution >= 4 is 22.5 Å². The van der Waals surface area contributed by atoms with E-state index >= 15 is 0 Å². The molecule has 1 heterocycles. The Bertz CT molecular complexity index is 971. The quantitative estimate of drug-likeness (QED) is 0.781. The molecule has 1 amide bonds. The van der Waals surface area contributed by atoms with Crippen molar-refractivity contribution < 1.29 is 4.79 Å². The number of anilines is 1. The highest BCUT2D eigenvalue weighted by molar-refractivity contribution is 5.93. The molecule has 4 heteroatoms. The van der Waals surface area contributed by atoms with Crippen LogP contribution in [0.15, 0.2) is 53.3 Å². The number of aryl methyl sites for hydroxylation is 2. The Hall–Kier alpha value is -2.88. The minimum atomic E-state index is -0.155. The molecule has 0 aliphatic carbocycles. The van der Waals surface area contributed by atoms with Crippen LogP contribution in [0.4, 0.5) is 5.69 Å². The normalized spacial score (nSPS) is 10.8. The molecule has 0 aliphatic rings. The molecule has 128 valence electrons. The molecule has 0 fully saturated rings. The number of nitrogens with one attached hydrogen (secondary N) is 1. The first-order valence-electron chi connectivity index (χ1n) is 8.47. The lowest BCUT2D eigenvalue weighted by Crippen LogP contribution is -2.32. The van der Waals surface area contributed by atoms with Crippen LogP contribution in [0.3, 0.4) is 0 Å². The van der Waals surface area contributed by atoms with Gasteiger partial charge in [-0.1, -0.05) is 36.2 Å². The van der Waals surface area contributed by atoms with Crippen LogP contribution in [-0.4, -0.2) is 10.9 Å². The van der Waals surface area contributed by atoms with Gasteiger partial charge in [0, 0.05) is 23.2 Å². The molecule has 3 rings (SSSR count). The van der Waals surface area contributed by atoms with Gasteiger partial charge in [0.05, 0.1) is 6.54 Å². The first-order valence-corrected chi connectivity index (χ1v) is 8.47. The van der Waals surface area contributed by atoms with Crippen molar-refractivity contribution in [2.75, 3.05) is 4.90 Å². The molecule has 2 aromatic carbocycles. The van der Waals surface area contributed by atoms with Gasteiger partial charge >= 0.3 is 0 Å². The first-order chi connectivity index (χ1) is 12.0. The predicted octanol–water partition coefficient (Wildman–Crippen LogP) is 4.09. The van der Waals surface area contributed by atoms with Crippen molar-refractivity contribution in [1.29, 1.82) is 0 Å². The molecule has 25 heavy (non-hydrogen) atoms. The Morgan fingerprint density at radius 1 is 1.00 bits per heavy atom. The molecule has 0 radical (unpaired) electrons. The third-order valence-electron chi connectivity index (χ3n) is 4.35. The van der Waals surface area contributed by atoms with Crippen LogP contribution in [0.25, 0.3) is 10.9 Å². The van der Waals surface area contributed by atoms with Crippen molar-refractivity contribution in [2.45, 2.75) is 33.7 Å². The Balaban J connectivity index is 2.03. The lowest BCUT2D eigenvalue weighted by molar-refractivity contribution is -0.118. The fourth-order valence-electron chi connectivity index (χ4n) is 2.90. The molecule has 1 aromatic heterocycles. The van der Waals surface area contributed by atoms with E-state index in [1.807, 2.05) is 69.3 Å². The summed E-state index contributed by atoms with van der Waals surface area (Å²) in [5.74, 6) is -0.00686. The lowest BCUT2D eigenvalue weighted by Gasteiger charge is -2.22. The summed E-state index contributed by atoms with van der Waals surface area (Å²) in [5.41, 5.74) is 4.30. The zero-order chi connectivity index (χ0) is 18.0. The third-order valence-corrected chi connectivity index (χ3v) is 4.35. The number of hydrogen-bond donors (Lipinski definition) is 1. The molecular formula is C21H22N2O2. The topological polar surface area (TPSA) is 53.2 Å². The number of amides is 1. The molecule has 0 aliphatic heterocycles. The Labute approximate surface area is 147 Å². The minimum Gasteiger partial charge on any atom is -0.322 e. The Morgan fingerprint density at radius 2 is 1.68 bits per heavy atom. The van der Waals surface area contributed by atoms with Gasteiger partial charge in [0.15, 0.2) is 0 Å². The number of H-pyrrole nitrogens is 1. The lowest BCUT2D eigenvalue weighted by atomic mass is 10.1. The maximum Gasteiger partial charge on any atom is 0.253 e. The summed E-state index contributed by atoms with van der Waals surface area (Å²) in [6.07, 6.45) is 0.387. The van der Waals surface area contributed by atoms with E-state index in [0.29, 0.717) is 12.0 Å². The third kappa shape index (κ3) is 3.63. The molecule has 1 N–H and O–H groups in total. The summed E-state index contributed by atoms with van der Waals surface area (Å²) in [7, 11) is 0. The van der Waals surface area contributed by atoms with E-state index in [1.54, 1.807) is 4.90 Å². The van der Waals surface area contributed by atoms with Gasteiger partial charge < -0.3 is 9.88 Å². The second-order valence-corrected chi connectivity index (χ2v) is 6.38. The number of benzene rings is 2. The van der Waals surface area contributed by atoms with E-state index in [4.69, 9.17) is 0 Å². The van der Waals surface area contributed by atoms with Crippen molar-refractivity contribution in [3.63, 3.8) is 0 Å². The van der Waals surface area contributed by atoms with Gasteiger partial charge in [0.1, 0.15) is 0 Å². The fraction of sp³-hybridized carbons (Fsp3) is 0.238. The molecule has 0 unspecified atom stereocenters. The predicted molar refractivity (Wildman–Crippen MR) is 102 cm³/mol. The average molecular weight is 334 g/mol. The van der Waals surface area contributed by atoms with E-state index in [-0.39, 0.29) is 18.0 Å². The highest BCUT2D eigenvalue weighted by atomic mass is 16.2. The Morgan fingerprint density at radius 3 is 2.36 bits per heavy atom. The fourth-order valence-corrected chi connectivity index (χ4v) is 2.90. The van der Waals surface area contributed by atoms with Gasteiger partial charge in [-0.25, -0.2) is 0 Å². The van der Waals surface area contributed by atoms with Gasteiger partial charge in [0.25, 0.3) is 5.56 Å². The first kappa shape index (κ1) is 17.0. The average Bonchev–Trinajstić information content (AvgIpc) is 2.60. The van der Waals surface area contributed by atoms with Crippen LogP contribution >= 0.6 is 0 Å². The molecule has 0 bridgehead atoms. The summed E-state index contributed by atoms with van der Waals surface area (Å²) < 4.78 is 0. The second-order valence-electron chi connectivity index (χ2n) is 6.38. The van der Waals surface area contributed by atoms with Gasteiger partial charge in [-0.3, -0.25) is 9.59 Å². The van der Waals surface area contributed by atoms with Gasteiger partial charge in [0.2, 0.25) is 5.91 Å². The maximum atomic E-state index is 12.5. The number of nitrogens with zero attached hydrogens (tertiary/aromatic N) is 1. The van der Waals surface area contributed by atoms with Gasteiger partial charge in [-0.2, -0.15) is 0 Å². The summed E-state index contributed by atoms with van der Waals surface area (Å²) >= 11 is 0. The standard InChI is InChI=1S/C21H22N2O2/c1-4-20(24)23(18-8-5-14(2)6-9-18)13-17-12-16-11-15(3)7-10-19(16)22-21(17)25/h5-12H,4,13H2,1-3H3,(H,22,25). The van der Waals surface area contributed by atoms with E-state index in [9.17, 15) is 9.59 Å². The number of hydrogen-bond acceptors (Lipinski definition) is 2. The minimum absolute atomic E-state index is 0.00686. The van der Waals surface area contributed by atoms with Crippen molar-refractivity contribution in [2.24, 2.45) is 0 Å². The van der Waals surface area contributed by atoms with Crippen molar-refractivity contribution in [1.82, 2.24) is 4.98 Å². The van der Waals surface area contributed by atoms with Gasteiger partial charge in [-0.05, 0) is 49.6 Å². The van der Waals surface area contributed by atoms with Crippen LogP contribution in [0, 0.1) is 13.8 Å². The zero-order valence-electron chi connectivity index (χ0n) is 14.8. The Kier molecular flexibility index (Phi) is 4.70. The van der Waals surface area contributed by atoms with Crippen LogP contribution < -0.4 is 10.5 Å². The van der Waals surface area contributed by atoms with Crippen LogP contribution in [0.1, 0.15) is 30.0 Å². The molecule has 0 saturated heterocycles. The summed E-state index contributed by atoms with van der Waals surface area (Å²) in [6, 6.07) is 15.6. The van der Waals surface area contributed by atoms with E-state index < -0.39 is 0 Å².